The van der Waals surface area contributed by atoms with Crippen LogP contribution in [-0.2, 0) is 19.2 Å². The molecule has 1 aliphatic carbocycles. The average Bonchev–Trinajstić information content (AvgIpc) is 3.90. The molecular weight excluding hydrogens is 610 g/mol. The molecule has 2 heterocycles. The second-order valence-corrected chi connectivity index (χ2v) is 11.2. The number of nitrogens with two attached hydrogens (primary N) is 1. The Morgan fingerprint density at radius 3 is 2.47 bits per heavy atom. The number of benzene rings is 1. The normalized spacial score (nSPS) is 15.9. The number of amides is 4. The van der Waals surface area contributed by atoms with Crippen LogP contribution in [0.3, 0.4) is 0 Å². The third-order valence-corrected chi connectivity index (χ3v) is 7.29. The first-order valence-electron chi connectivity index (χ1n) is 15.4. The molecule has 254 valence electrons. The molecule has 16 nitrogen and oxygen atoms in total. The lowest BCUT2D eigenvalue weighted by atomic mass is 9.98. The summed E-state index contributed by atoms with van der Waals surface area (Å²) >= 11 is 0. The van der Waals surface area contributed by atoms with Crippen LogP contribution in [0, 0.1) is 11.3 Å². The summed E-state index contributed by atoms with van der Waals surface area (Å²) in [6.45, 7) is 2.78. The predicted octanol–water partition coefficient (Wildman–Crippen LogP) is -0.0361. The molecule has 16 heteroatoms. The second kappa shape index (κ2) is 18.6. The van der Waals surface area contributed by atoms with Crippen LogP contribution in [0.2, 0.25) is 0 Å². The van der Waals surface area contributed by atoms with Crippen LogP contribution in [0.25, 0.3) is 0 Å². The van der Waals surface area contributed by atoms with Crippen molar-refractivity contribution in [3.8, 4) is 5.75 Å². The van der Waals surface area contributed by atoms with Gasteiger partial charge < -0.3 is 41.3 Å². The average molecular weight is 654 g/mol. The third kappa shape index (κ3) is 13.3. The molecule has 1 saturated carbocycles. The number of para-hydroxylation sites is 1. The van der Waals surface area contributed by atoms with E-state index < -0.39 is 29.7 Å². The van der Waals surface area contributed by atoms with Crippen molar-refractivity contribution in [3.63, 3.8) is 0 Å². The molecule has 0 spiro atoms. The van der Waals surface area contributed by atoms with Crippen molar-refractivity contribution in [1.82, 2.24) is 35.7 Å². The summed E-state index contributed by atoms with van der Waals surface area (Å²) in [5, 5.41) is 23.4. The minimum atomic E-state index is -1.12. The van der Waals surface area contributed by atoms with Crippen molar-refractivity contribution in [1.29, 1.82) is 5.41 Å². The molecular formula is C31H43N9O7. The topological polar surface area (TPSA) is 233 Å². The zero-order chi connectivity index (χ0) is 34.2. The van der Waals surface area contributed by atoms with E-state index in [1.165, 1.54) is 18.6 Å². The lowest BCUT2D eigenvalue weighted by Gasteiger charge is -2.33. The Morgan fingerprint density at radius 2 is 1.83 bits per heavy atom. The number of likely N-dealkylation sites (tertiary alicyclic amines) is 1. The molecule has 2 atom stereocenters. The zero-order valence-corrected chi connectivity index (χ0v) is 26.4. The van der Waals surface area contributed by atoms with Gasteiger partial charge in [-0.15, -0.1) is 0 Å². The second-order valence-electron chi connectivity index (χ2n) is 11.2. The quantitative estimate of drug-likeness (QED) is 0.117. The Hall–Kier alpha value is -5.28. The van der Waals surface area contributed by atoms with E-state index >= 15 is 0 Å². The van der Waals surface area contributed by atoms with E-state index in [1.54, 1.807) is 34.1 Å². The fourth-order valence-electron chi connectivity index (χ4n) is 4.92. The summed E-state index contributed by atoms with van der Waals surface area (Å²) in [6.07, 6.45) is 7.32. The maximum atomic E-state index is 13.8. The molecule has 1 unspecified atom stereocenters. The molecule has 1 aromatic heterocycles. The Morgan fingerprint density at radius 1 is 1.11 bits per heavy atom. The van der Waals surface area contributed by atoms with Crippen molar-refractivity contribution in [2.45, 2.75) is 51.1 Å². The summed E-state index contributed by atoms with van der Waals surface area (Å²) < 4.78 is 5.53. The summed E-state index contributed by atoms with van der Waals surface area (Å²) in [5.41, 5.74) is 5.79. The summed E-state index contributed by atoms with van der Waals surface area (Å²) in [4.78, 5) is 72.3. The molecule has 2 aliphatic rings. The molecule has 1 aliphatic heterocycles. The van der Waals surface area contributed by atoms with E-state index in [2.05, 4.69) is 25.9 Å². The Bertz CT molecular complexity index is 1360. The van der Waals surface area contributed by atoms with Gasteiger partial charge in [-0.2, -0.15) is 0 Å². The van der Waals surface area contributed by atoms with Gasteiger partial charge in [0.2, 0.25) is 11.8 Å². The SMILES string of the molecule is CC(=O)O.N=C(N)N1CCC[C@@H](CNC(=O)CC(NC(=O)COc2ccccc2)C(=O)N(CCNC(=O)c2cnccn2)C2CC2)C1. The highest BCUT2D eigenvalue weighted by Gasteiger charge is 2.37. The number of nitrogens with zero attached hydrogens (tertiary/aromatic N) is 4. The van der Waals surface area contributed by atoms with Gasteiger partial charge in [-0.25, -0.2) is 4.98 Å². The van der Waals surface area contributed by atoms with Crippen molar-refractivity contribution in [2.75, 3.05) is 39.3 Å². The number of carbonyl (C=O) groups is 5. The Balaban J connectivity index is 0.00000142. The molecule has 0 bridgehead atoms. The minimum Gasteiger partial charge on any atom is -0.484 e. The van der Waals surface area contributed by atoms with Crippen molar-refractivity contribution in [3.05, 3.63) is 54.6 Å². The number of hydrogen-bond donors (Lipinski definition) is 6. The molecule has 0 radical (unpaired) electrons. The lowest BCUT2D eigenvalue weighted by molar-refractivity contribution is -0.139. The molecule has 1 aromatic carbocycles. The fourth-order valence-corrected chi connectivity index (χ4v) is 4.92. The van der Waals surface area contributed by atoms with Gasteiger partial charge in [-0.05, 0) is 43.7 Å². The van der Waals surface area contributed by atoms with Crippen LogP contribution in [-0.4, -0.2) is 112 Å². The number of guanidine groups is 1. The number of carboxylic acids is 1. The maximum absolute atomic E-state index is 13.8. The lowest BCUT2D eigenvalue weighted by Crippen LogP contribution is -2.53. The Labute approximate surface area is 272 Å². The smallest absolute Gasteiger partial charge is 0.300 e. The van der Waals surface area contributed by atoms with Crippen molar-refractivity contribution < 1.29 is 33.8 Å². The number of nitrogens with one attached hydrogen (secondary N) is 4. The largest absolute Gasteiger partial charge is 0.484 e. The van der Waals surface area contributed by atoms with E-state index in [0.717, 1.165) is 32.6 Å². The van der Waals surface area contributed by atoms with Crippen LogP contribution in [0.1, 0.15) is 49.5 Å². The van der Waals surface area contributed by atoms with Gasteiger partial charge >= 0.3 is 0 Å². The molecule has 7 N–H and O–H groups in total. The van der Waals surface area contributed by atoms with E-state index in [4.69, 9.17) is 25.8 Å². The van der Waals surface area contributed by atoms with Crippen molar-refractivity contribution in [2.24, 2.45) is 11.7 Å². The molecule has 1 saturated heterocycles. The molecule has 4 amide bonds. The number of ether oxygens (including phenoxy) is 1. The van der Waals surface area contributed by atoms with Gasteiger partial charge in [-0.3, -0.25) is 34.4 Å². The highest BCUT2D eigenvalue weighted by molar-refractivity contribution is 5.93. The fraction of sp³-hybridized carbons (Fsp3) is 0.484. The van der Waals surface area contributed by atoms with Crippen LogP contribution in [0.5, 0.6) is 5.75 Å². The van der Waals surface area contributed by atoms with E-state index in [9.17, 15) is 19.2 Å². The first kappa shape index (κ1) is 36.2. The monoisotopic (exact) mass is 653 g/mol. The van der Waals surface area contributed by atoms with Crippen LogP contribution in [0.15, 0.2) is 48.9 Å². The van der Waals surface area contributed by atoms with E-state index in [1.807, 2.05) is 6.07 Å². The van der Waals surface area contributed by atoms with Gasteiger partial charge in [-0.1, -0.05) is 18.2 Å². The minimum absolute atomic E-state index is 0.00942. The number of rotatable bonds is 14. The van der Waals surface area contributed by atoms with E-state index in [0.29, 0.717) is 25.4 Å². The predicted molar refractivity (Wildman–Crippen MR) is 170 cm³/mol. The van der Waals surface area contributed by atoms with Crippen LogP contribution in [0.4, 0.5) is 0 Å². The number of carbonyl (C=O) groups excluding carboxylic acids is 4. The highest BCUT2D eigenvalue weighted by Crippen LogP contribution is 2.27. The molecule has 2 fully saturated rings. The van der Waals surface area contributed by atoms with Gasteiger partial charge in [0.25, 0.3) is 17.8 Å². The van der Waals surface area contributed by atoms with E-state index in [-0.39, 0.29) is 55.6 Å². The summed E-state index contributed by atoms with van der Waals surface area (Å²) in [7, 11) is 0. The number of carboxylic acid groups (broad SMARTS) is 1. The van der Waals surface area contributed by atoms with Gasteiger partial charge in [0.15, 0.2) is 12.6 Å². The van der Waals surface area contributed by atoms with Crippen molar-refractivity contribution >= 4 is 35.6 Å². The zero-order valence-electron chi connectivity index (χ0n) is 26.4. The first-order chi connectivity index (χ1) is 22.5. The van der Waals surface area contributed by atoms with Crippen LogP contribution >= 0.6 is 0 Å². The number of aromatic nitrogens is 2. The van der Waals surface area contributed by atoms with Crippen LogP contribution < -0.4 is 26.4 Å². The standard InChI is InChI=1S/C29H39N9O5.C2H4O2/c30-29(31)37-13-4-5-20(18-37)16-35-25(39)15-23(36-26(40)19-43-22-6-2-1-3-7-22)28(42)38(21-8-9-21)14-12-34-27(41)24-17-32-10-11-33-24;1-2(3)4/h1-3,6-7,10-11,17,20-21,23H,4-5,8-9,12-16,18-19H2,(H3,30,31)(H,34,41)(H,35,39)(H,36,40);1H3,(H,3,4)/t20-,23?;/m0./s1. The molecule has 2 aromatic rings. The summed E-state index contributed by atoms with van der Waals surface area (Å²) in [6, 6.07) is 7.66. The molecule has 4 rings (SSSR count). The van der Waals surface area contributed by atoms with Gasteiger partial charge in [0.05, 0.1) is 12.6 Å². The van der Waals surface area contributed by atoms with Gasteiger partial charge in [0, 0.05) is 58.1 Å². The Kier molecular flexibility index (Phi) is 14.3. The number of piperidine rings is 1. The summed E-state index contributed by atoms with van der Waals surface area (Å²) in [5.74, 6) is -1.94. The highest BCUT2D eigenvalue weighted by atomic mass is 16.5. The first-order valence-corrected chi connectivity index (χ1v) is 15.4. The number of aliphatic carboxylic acids is 1. The maximum Gasteiger partial charge on any atom is 0.300 e. The third-order valence-electron chi connectivity index (χ3n) is 7.29. The van der Waals surface area contributed by atoms with Gasteiger partial charge in [0.1, 0.15) is 17.5 Å². The number of hydrogen-bond acceptors (Lipinski definition) is 9. The molecule has 47 heavy (non-hydrogen) atoms.